The molecule has 3 rings (SSSR count). The number of phenolic OH excluding ortho intramolecular Hbond substituents is 1. The lowest BCUT2D eigenvalue weighted by atomic mass is 10.0. The van der Waals surface area contributed by atoms with E-state index < -0.39 is 28.3 Å². The number of halogens is 1. The van der Waals surface area contributed by atoms with Crippen LogP contribution in [-0.4, -0.2) is 28.9 Å². The highest BCUT2D eigenvalue weighted by molar-refractivity contribution is 5.95. The van der Waals surface area contributed by atoms with Crippen LogP contribution in [0.1, 0.15) is 22.7 Å². The van der Waals surface area contributed by atoms with Crippen molar-refractivity contribution in [3.8, 4) is 11.5 Å². The summed E-state index contributed by atoms with van der Waals surface area (Å²) in [6.45, 7) is 0.248. The summed E-state index contributed by atoms with van der Waals surface area (Å²) >= 11 is 0. The largest absolute Gasteiger partial charge is 0.500 e. The number of amides is 1. The summed E-state index contributed by atoms with van der Waals surface area (Å²) in [5, 5.41) is 34.9. The molecule has 1 atom stereocenters. The van der Waals surface area contributed by atoms with E-state index in [2.05, 4.69) is 10.6 Å². The molecule has 0 aliphatic heterocycles. The summed E-state index contributed by atoms with van der Waals surface area (Å²) in [6.07, 6.45) is 0. The zero-order chi connectivity index (χ0) is 24.0. The van der Waals surface area contributed by atoms with E-state index in [0.29, 0.717) is 11.3 Å². The number of benzene rings is 3. The fourth-order valence-electron chi connectivity index (χ4n) is 3.18. The van der Waals surface area contributed by atoms with Crippen LogP contribution < -0.4 is 21.1 Å². The normalized spacial score (nSPS) is 11.0. The quantitative estimate of drug-likeness (QED) is 0.134. The first kappa shape index (κ1) is 25.9. The number of anilines is 1. The second-order valence-corrected chi connectivity index (χ2v) is 7.12. The SMILES string of the molecule is COc1cc([C@@H](Nc2ccc(C(=N)N)cc2)C(=O)NCc2ccccc2)cc([N+](=O)[O-])c1O.Cl. The van der Waals surface area contributed by atoms with Gasteiger partial charge in [0.1, 0.15) is 11.9 Å². The second-order valence-electron chi connectivity index (χ2n) is 7.12. The maximum atomic E-state index is 13.2. The average Bonchev–Trinajstić information content (AvgIpc) is 2.82. The first-order valence-electron chi connectivity index (χ1n) is 9.88. The van der Waals surface area contributed by atoms with E-state index in [0.717, 1.165) is 11.6 Å². The topological polar surface area (TPSA) is 164 Å². The number of carbonyl (C=O) groups is 1. The zero-order valence-corrected chi connectivity index (χ0v) is 19.0. The van der Waals surface area contributed by atoms with Crippen molar-refractivity contribution in [3.05, 3.63) is 93.5 Å². The number of nitro benzene ring substituents is 1. The molecule has 0 aromatic heterocycles. The van der Waals surface area contributed by atoms with E-state index in [1.54, 1.807) is 24.3 Å². The minimum atomic E-state index is -1.05. The number of hydrogen-bond donors (Lipinski definition) is 5. The zero-order valence-electron chi connectivity index (χ0n) is 18.1. The minimum Gasteiger partial charge on any atom is -0.500 e. The standard InChI is InChI=1S/C23H23N5O5.ClH/c1-33-19-12-16(11-18(21(19)29)28(31)32)20(23(30)26-13-14-5-3-2-4-6-14)27-17-9-7-15(8-10-17)22(24)25;/h2-12,20,27,29H,13H2,1H3,(H3,24,25)(H,26,30);1H/t20-;/m1./s1. The number of nitrogen functional groups attached to an aromatic ring is 1. The third-order valence-electron chi connectivity index (χ3n) is 4.91. The molecule has 0 saturated heterocycles. The van der Waals surface area contributed by atoms with Gasteiger partial charge in [-0.2, -0.15) is 0 Å². The molecule has 0 heterocycles. The summed E-state index contributed by atoms with van der Waals surface area (Å²) in [7, 11) is 1.26. The lowest BCUT2D eigenvalue weighted by Crippen LogP contribution is -2.33. The molecule has 1 amide bonds. The average molecular weight is 486 g/mol. The van der Waals surface area contributed by atoms with Crippen molar-refractivity contribution in [2.24, 2.45) is 5.73 Å². The molecular formula is C23H24ClN5O5. The van der Waals surface area contributed by atoms with Gasteiger partial charge in [-0.1, -0.05) is 30.3 Å². The van der Waals surface area contributed by atoms with Crippen molar-refractivity contribution in [2.75, 3.05) is 12.4 Å². The van der Waals surface area contributed by atoms with Gasteiger partial charge in [-0.15, -0.1) is 12.4 Å². The highest BCUT2D eigenvalue weighted by Gasteiger charge is 2.27. The predicted molar refractivity (Wildman–Crippen MR) is 131 cm³/mol. The molecule has 34 heavy (non-hydrogen) atoms. The number of carbonyl (C=O) groups excluding carboxylic acids is 1. The van der Waals surface area contributed by atoms with Crippen LogP contribution in [0.5, 0.6) is 11.5 Å². The van der Waals surface area contributed by atoms with Crippen LogP contribution in [0.2, 0.25) is 0 Å². The van der Waals surface area contributed by atoms with Gasteiger partial charge >= 0.3 is 5.69 Å². The fraction of sp³-hybridized carbons (Fsp3) is 0.130. The third kappa shape index (κ3) is 6.14. The van der Waals surface area contributed by atoms with Gasteiger partial charge in [0.25, 0.3) is 0 Å². The Labute approximate surface area is 201 Å². The number of ether oxygens (including phenoxy) is 1. The number of rotatable bonds is 9. The summed E-state index contributed by atoms with van der Waals surface area (Å²) in [5.41, 5.74) is 7.03. The Balaban J connectivity index is 0.00000408. The van der Waals surface area contributed by atoms with Gasteiger partial charge in [0.15, 0.2) is 5.75 Å². The molecule has 178 valence electrons. The molecule has 0 bridgehead atoms. The van der Waals surface area contributed by atoms with Gasteiger partial charge in [-0.25, -0.2) is 0 Å². The van der Waals surface area contributed by atoms with Crippen molar-refractivity contribution < 1.29 is 19.6 Å². The van der Waals surface area contributed by atoms with E-state index in [1.807, 2.05) is 30.3 Å². The highest BCUT2D eigenvalue weighted by Crippen LogP contribution is 2.39. The molecule has 3 aromatic carbocycles. The molecule has 0 fully saturated rings. The van der Waals surface area contributed by atoms with Crippen molar-refractivity contribution in [3.63, 3.8) is 0 Å². The summed E-state index contributed by atoms with van der Waals surface area (Å²) in [5.74, 6) is -1.30. The molecule has 10 nitrogen and oxygen atoms in total. The van der Waals surface area contributed by atoms with Crippen LogP contribution in [-0.2, 0) is 11.3 Å². The van der Waals surface area contributed by atoms with Gasteiger partial charge < -0.3 is 26.2 Å². The molecule has 11 heteroatoms. The van der Waals surface area contributed by atoms with E-state index in [-0.39, 0.29) is 36.1 Å². The smallest absolute Gasteiger partial charge is 0.315 e. The second kappa shape index (κ2) is 11.5. The van der Waals surface area contributed by atoms with Crippen molar-refractivity contribution in [1.82, 2.24) is 5.32 Å². The van der Waals surface area contributed by atoms with Gasteiger partial charge in [0, 0.05) is 23.9 Å². The highest BCUT2D eigenvalue weighted by atomic mass is 35.5. The van der Waals surface area contributed by atoms with Crippen LogP contribution in [0.15, 0.2) is 66.7 Å². The molecular weight excluding hydrogens is 462 g/mol. The van der Waals surface area contributed by atoms with E-state index in [9.17, 15) is 20.0 Å². The third-order valence-corrected chi connectivity index (χ3v) is 4.91. The lowest BCUT2D eigenvalue weighted by Gasteiger charge is -2.21. The molecule has 0 unspecified atom stereocenters. The van der Waals surface area contributed by atoms with Crippen molar-refractivity contribution in [2.45, 2.75) is 12.6 Å². The van der Waals surface area contributed by atoms with E-state index in [1.165, 1.54) is 13.2 Å². The number of hydrogen-bond acceptors (Lipinski definition) is 7. The number of nitrogens with two attached hydrogens (primary N) is 1. The maximum Gasteiger partial charge on any atom is 0.315 e. The van der Waals surface area contributed by atoms with Crippen LogP contribution in [0.4, 0.5) is 11.4 Å². The van der Waals surface area contributed by atoms with Crippen molar-refractivity contribution >= 4 is 35.5 Å². The first-order chi connectivity index (χ1) is 15.8. The summed E-state index contributed by atoms with van der Waals surface area (Å²) in [6, 6.07) is 17.2. The molecule has 0 aliphatic rings. The van der Waals surface area contributed by atoms with Gasteiger partial charge in [-0.3, -0.25) is 20.3 Å². The van der Waals surface area contributed by atoms with Crippen LogP contribution in [0.25, 0.3) is 0 Å². The Kier molecular flexibility index (Phi) is 8.79. The lowest BCUT2D eigenvalue weighted by molar-refractivity contribution is -0.386. The van der Waals surface area contributed by atoms with Crippen molar-refractivity contribution in [1.29, 1.82) is 5.41 Å². The molecule has 0 spiro atoms. The maximum absolute atomic E-state index is 13.2. The molecule has 6 N–H and O–H groups in total. The Morgan fingerprint density at radius 1 is 1.18 bits per heavy atom. The summed E-state index contributed by atoms with van der Waals surface area (Å²) < 4.78 is 5.08. The monoisotopic (exact) mass is 485 g/mol. The molecule has 0 saturated carbocycles. The predicted octanol–water partition coefficient (Wildman–Crippen LogP) is 3.48. The Hall–Kier alpha value is -4.31. The van der Waals surface area contributed by atoms with E-state index >= 15 is 0 Å². The molecule has 0 aliphatic carbocycles. The first-order valence-corrected chi connectivity index (χ1v) is 9.88. The number of phenols is 1. The number of amidine groups is 1. The van der Waals surface area contributed by atoms with Crippen LogP contribution >= 0.6 is 12.4 Å². The Morgan fingerprint density at radius 2 is 1.82 bits per heavy atom. The fourth-order valence-corrected chi connectivity index (χ4v) is 3.18. The Morgan fingerprint density at radius 3 is 2.38 bits per heavy atom. The number of nitro groups is 1. The van der Waals surface area contributed by atoms with Crippen LogP contribution in [0.3, 0.4) is 0 Å². The van der Waals surface area contributed by atoms with E-state index in [4.69, 9.17) is 15.9 Å². The Bertz CT molecular complexity index is 1170. The molecule has 0 radical (unpaired) electrons. The summed E-state index contributed by atoms with van der Waals surface area (Å²) in [4.78, 5) is 23.9. The van der Waals surface area contributed by atoms with Gasteiger partial charge in [0.2, 0.25) is 11.7 Å². The number of methoxy groups -OCH3 is 1. The minimum absolute atomic E-state index is 0. The van der Waals surface area contributed by atoms with Gasteiger partial charge in [0.05, 0.1) is 12.0 Å². The van der Waals surface area contributed by atoms with Gasteiger partial charge in [-0.05, 0) is 41.5 Å². The molecule has 3 aromatic rings. The number of nitrogens with one attached hydrogen (secondary N) is 3. The number of aromatic hydroxyl groups is 1. The van der Waals surface area contributed by atoms with Crippen LogP contribution in [0, 0.1) is 15.5 Å². The number of nitrogens with zero attached hydrogens (tertiary/aromatic N) is 1.